The minimum absolute atomic E-state index is 0.203. The monoisotopic (exact) mass is 400 g/mol. The van der Waals surface area contributed by atoms with Gasteiger partial charge >= 0.3 is 0 Å². The number of para-hydroxylation sites is 1. The van der Waals surface area contributed by atoms with Gasteiger partial charge in [0.15, 0.2) is 11.0 Å². The summed E-state index contributed by atoms with van der Waals surface area (Å²) in [6.45, 7) is 0. The standard InChI is InChI=1S/C18H12ClN3O2S2/c19-15-12-8-4-5-9-13(12)26-16(15)17-20-21-18(25-10-14(23)24)22(17)11-6-2-1-3-7-11/h1-9H,10H2,(H,23,24)/p-1. The van der Waals surface area contributed by atoms with Crippen LogP contribution < -0.4 is 5.11 Å². The van der Waals surface area contributed by atoms with Gasteiger partial charge in [-0.15, -0.1) is 21.5 Å². The molecule has 0 fully saturated rings. The number of nitrogens with zero attached hydrogens (tertiary/aromatic N) is 3. The van der Waals surface area contributed by atoms with Crippen molar-refractivity contribution in [1.82, 2.24) is 14.8 Å². The predicted molar refractivity (Wildman–Crippen MR) is 103 cm³/mol. The van der Waals surface area contributed by atoms with Crippen LogP contribution in [0.5, 0.6) is 0 Å². The van der Waals surface area contributed by atoms with Gasteiger partial charge in [-0.2, -0.15) is 0 Å². The number of thiophene rings is 1. The van der Waals surface area contributed by atoms with Crippen molar-refractivity contribution in [3.05, 3.63) is 59.6 Å². The molecule has 4 rings (SSSR count). The van der Waals surface area contributed by atoms with Gasteiger partial charge in [-0.25, -0.2) is 0 Å². The third-order valence-corrected chi connectivity index (χ3v) is 6.28. The summed E-state index contributed by atoms with van der Waals surface area (Å²) in [4.78, 5) is 11.7. The smallest absolute Gasteiger partial charge is 0.196 e. The van der Waals surface area contributed by atoms with E-state index in [1.807, 2.05) is 59.2 Å². The first-order chi connectivity index (χ1) is 12.6. The van der Waals surface area contributed by atoms with Crippen molar-refractivity contribution in [1.29, 1.82) is 0 Å². The molecule has 0 saturated heterocycles. The second-order valence-corrected chi connectivity index (χ2v) is 7.75. The van der Waals surface area contributed by atoms with Gasteiger partial charge in [0, 0.05) is 21.5 Å². The van der Waals surface area contributed by atoms with E-state index in [2.05, 4.69) is 10.2 Å². The van der Waals surface area contributed by atoms with E-state index in [-0.39, 0.29) is 5.75 Å². The number of benzene rings is 2. The fourth-order valence-corrected chi connectivity index (χ4v) is 4.76. The molecule has 0 spiro atoms. The molecule has 0 unspecified atom stereocenters. The normalized spacial score (nSPS) is 11.1. The Morgan fingerprint density at radius 2 is 1.85 bits per heavy atom. The van der Waals surface area contributed by atoms with Gasteiger partial charge in [0.25, 0.3) is 0 Å². The Hall–Kier alpha value is -2.35. The van der Waals surface area contributed by atoms with Crippen molar-refractivity contribution in [3.63, 3.8) is 0 Å². The number of hydrogen-bond acceptors (Lipinski definition) is 6. The quantitative estimate of drug-likeness (QED) is 0.478. The molecule has 0 radical (unpaired) electrons. The zero-order valence-corrected chi connectivity index (χ0v) is 15.6. The summed E-state index contributed by atoms with van der Waals surface area (Å²) in [7, 11) is 0. The molecule has 26 heavy (non-hydrogen) atoms. The molecule has 2 heterocycles. The van der Waals surface area contributed by atoms with Crippen LogP contribution in [-0.2, 0) is 4.79 Å². The summed E-state index contributed by atoms with van der Waals surface area (Å²) in [5.74, 6) is -0.771. The lowest BCUT2D eigenvalue weighted by atomic mass is 10.2. The van der Waals surface area contributed by atoms with Crippen LogP contribution in [0.15, 0.2) is 59.8 Å². The second-order valence-electron chi connectivity index (χ2n) is 5.38. The van der Waals surface area contributed by atoms with Crippen LogP contribution in [0.4, 0.5) is 0 Å². The molecule has 2 aromatic heterocycles. The van der Waals surface area contributed by atoms with Crippen molar-refractivity contribution < 1.29 is 9.90 Å². The van der Waals surface area contributed by atoms with Crippen LogP contribution in [0, 0.1) is 0 Å². The number of carbonyl (C=O) groups excluding carboxylic acids is 1. The summed E-state index contributed by atoms with van der Waals surface area (Å²) >= 11 is 9.20. The maximum Gasteiger partial charge on any atom is 0.196 e. The fraction of sp³-hybridized carbons (Fsp3) is 0.0556. The van der Waals surface area contributed by atoms with Gasteiger partial charge in [0.2, 0.25) is 0 Å². The SMILES string of the molecule is O=C([O-])CSc1nnc(-c2sc3ccccc3c2Cl)n1-c1ccccc1. The topological polar surface area (TPSA) is 70.8 Å². The number of hydrogen-bond donors (Lipinski definition) is 0. The first kappa shape index (κ1) is 17.1. The van der Waals surface area contributed by atoms with E-state index in [1.54, 1.807) is 0 Å². The molecular weight excluding hydrogens is 390 g/mol. The van der Waals surface area contributed by atoms with Gasteiger partial charge in [-0.05, 0) is 18.2 Å². The predicted octanol–water partition coefficient (Wildman–Crippen LogP) is 3.64. The van der Waals surface area contributed by atoms with Crippen molar-refractivity contribution in [2.45, 2.75) is 5.16 Å². The summed E-state index contributed by atoms with van der Waals surface area (Å²) in [5.41, 5.74) is 0.835. The van der Waals surface area contributed by atoms with E-state index < -0.39 is 5.97 Å². The van der Waals surface area contributed by atoms with E-state index in [0.717, 1.165) is 32.4 Å². The molecule has 8 heteroatoms. The molecule has 0 N–H and O–H groups in total. The fourth-order valence-electron chi connectivity index (χ4n) is 2.60. The summed E-state index contributed by atoms with van der Waals surface area (Å²) in [6, 6.07) is 17.4. The first-order valence-corrected chi connectivity index (χ1v) is 9.84. The molecular formula is C18H11ClN3O2S2-. The maximum absolute atomic E-state index is 10.9. The van der Waals surface area contributed by atoms with E-state index in [0.29, 0.717) is 16.0 Å². The highest BCUT2D eigenvalue weighted by molar-refractivity contribution is 7.99. The lowest BCUT2D eigenvalue weighted by Gasteiger charge is -2.09. The van der Waals surface area contributed by atoms with Crippen LogP contribution in [0.3, 0.4) is 0 Å². The number of aliphatic carboxylic acids is 1. The highest BCUT2D eigenvalue weighted by Crippen LogP contribution is 2.42. The van der Waals surface area contributed by atoms with E-state index in [1.165, 1.54) is 11.3 Å². The number of thioether (sulfide) groups is 1. The van der Waals surface area contributed by atoms with Gasteiger partial charge in [0.1, 0.15) is 0 Å². The number of carboxylic acids is 1. The molecule has 130 valence electrons. The third-order valence-electron chi connectivity index (χ3n) is 3.70. The van der Waals surface area contributed by atoms with Crippen molar-refractivity contribution in [3.8, 4) is 16.4 Å². The second kappa shape index (κ2) is 7.11. The summed E-state index contributed by atoms with van der Waals surface area (Å²) in [6.07, 6.45) is 0. The van der Waals surface area contributed by atoms with E-state index in [4.69, 9.17) is 11.6 Å². The Morgan fingerprint density at radius 1 is 1.12 bits per heavy atom. The Labute approximate surface area is 162 Å². The Balaban J connectivity index is 1.90. The Kier molecular flexibility index (Phi) is 4.67. The molecule has 0 aliphatic heterocycles. The van der Waals surface area contributed by atoms with Crippen molar-refractivity contribution >= 4 is 50.8 Å². The minimum atomic E-state index is -1.15. The number of carboxylic acid groups (broad SMARTS) is 1. The van der Waals surface area contributed by atoms with Crippen LogP contribution in [0.25, 0.3) is 26.5 Å². The average molecular weight is 401 g/mol. The molecule has 4 aromatic rings. The first-order valence-electron chi connectivity index (χ1n) is 7.66. The zero-order valence-electron chi connectivity index (χ0n) is 13.3. The number of carbonyl (C=O) groups is 1. The molecule has 0 atom stereocenters. The van der Waals surface area contributed by atoms with Gasteiger partial charge in [-0.3, -0.25) is 4.57 Å². The van der Waals surface area contributed by atoms with Gasteiger partial charge in [-0.1, -0.05) is 59.8 Å². The van der Waals surface area contributed by atoms with Crippen LogP contribution in [0.1, 0.15) is 0 Å². The van der Waals surface area contributed by atoms with Crippen LogP contribution in [0.2, 0.25) is 5.02 Å². The highest BCUT2D eigenvalue weighted by Gasteiger charge is 2.21. The van der Waals surface area contributed by atoms with E-state index >= 15 is 0 Å². The Bertz CT molecular complexity index is 1090. The zero-order chi connectivity index (χ0) is 18.1. The summed E-state index contributed by atoms with van der Waals surface area (Å²) < 4.78 is 2.88. The Morgan fingerprint density at radius 3 is 2.58 bits per heavy atom. The van der Waals surface area contributed by atoms with Gasteiger partial charge < -0.3 is 9.90 Å². The number of halogens is 1. The number of aromatic nitrogens is 3. The molecule has 0 aliphatic carbocycles. The van der Waals surface area contributed by atoms with Crippen LogP contribution in [-0.4, -0.2) is 26.5 Å². The van der Waals surface area contributed by atoms with Gasteiger partial charge in [0.05, 0.1) is 15.9 Å². The molecule has 0 aliphatic rings. The molecule has 0 bridgehead atoms. The summed E-state index contributed by atoms with van der Waals surface area (Å²) in [5, 5.41) is 21.4. The van der Waals surface area contributed by atoms with Crippen molar-refractivity contribution in [2.24, 2.45) is 0 Å². The highest BCUT2D eigenvalue weighted by atomic mass is 35.5. The lowest BCUT2D eigenvalue weighted by molar-refractivity contribution is -0.301. The molecule has 2 aromatic carbocycles. The van der Waals surface area contributed by atoms with Crippen molar-refractivity contribution in [2.75, 3.05) is 5.75 Å². The third kappa shape index (κ3) is 3.09. The maximum atomic E-state index is 10.9. The van der Waals surface area contributed by atoms with E-state index in [9.17, 15) is 9.90 Å². The average Bonchev–Trinajstić information content (AvgIpc) is 3.22. The largest absolute Gasteiger partial charge is 0.549 e. The minimum Gasteiger partial charge on any atom is -0.549 e. The number of rotatable bonds is 5. The molecule has 0 saturated carbocycles. The lowest BCUT2D eigenvalue weighted by Crippen LogP contribution is -2.24. The number of fused-ring (bicyclic) bond motifs is 1. The molecule has 0 amide bonds. The van der Waals surface area contributed by atoms with Crippen LogP contribution >= 0.6 is 34.7 Å². The molecule has 5 nitrogen and oxygen atoms in total.